The molecule has 1 aliphatic heterocycles. The van der Waals surface area contributed by atoms with E-state index in [-0.39, 0.29) is 23.4 Å². The molecule has 0 fully saturated rings. The van der Waals surface area contributed by atoms with Crippen LogP contribution in [0.4, 0.5) is 0 Å². The zero-order chi connectivity index (χ0) is 18.7. The molecule has 0 bridgehead atoms. The monoisotopic (exact) mass is 373 g/mol. The first-order valence-electron chi connectivity index (χ1n) is 8.51. The van der Waals surface area contributed by atoms with Gasteiger partial charge in [-0.25, -0.2) is 13.1 Å². The molecule has 7 heteroatoms. The molecule has 2 aromatic carbocycles. The zero-order valence-corrected chi connectivity index (χ0v) is 15.7. The number of sulfonamides is 1. The van der Waals surface area contributed by atoms with Gasteiger partial charge in [0.2, 0.25) is 10.0 Å². The molecule has 6 nitrogen and oxygen atoms in total. The average Bonchev–Trinajstić information content (AvgIpc) is 2.65. The van der Waals surface area contributed by atoms with E-state index >= 15 is 0 Å². The lowest BCUT2D eigenvalue weighted by Gasteiger charge is -2.27. The Kier molecular flexibility index (Phi) is 5.41. The van der Waals surface area contributed by atoms with Crippen molar-refractivity contribution in [2.45, 2.75) is 17.4 Å². The van der Waals surface area contributed by atoms with Gasteiger partial charge in [0.25, 0.3) is 5.91 Å². The Morgan fingerprint density at radius 3 is 2.73 bits per heavy atom. The minimum absolute atomic E-state index is 0.0682. The van der Waals surface area contributed by atoms with Crippen LogP contribution in [0, 0.1) is 0 Å². The van der Waals surface area contributed by atoms with Crippen LogP contribution in [0.2, 0.25) is 0 Å². The Balaban J connectivity index is 1.76. The first kappa shape index (κ1) is 18.6. The number of nitrogens with zero attached hydrogens (tertiary/aromatic N) is 1. The van der Waals surface area contributed by atoms with Crippen molar-refractivity contribution in [3.8, 4) is 0 Å². The van der Waals surface area contributed by atoms with Gasteiger partial charge >= 0.3 is 0 Å². The highest BCUT2D eigenvalue weighted by atomic mass is 32.2. The summed E-state index contributed by atoms with van der Waals surface area (Å²) < 4.78 is 28.0. The van der Waals surface area contributed by atoms with E-state index in [9.17, 15) is 13.2 Å². The van der Waals surface area contributed by atoms with Crippen LogP contribution in [-0.2, 0) is 16.4 Å². The first-order chi connectivity index (χ1) is 12.4. The average molecular weight is 373 g/mol. The molecule has 0 aromatic heterocycles. The second-order valence-corrected chi connectivity index (χ2v) is 8.30. The van der Waals surface area contributed by atoms with E-state index in [0.717, 1.165) is 18.5 Å². The molecule has 2 N–H and O–H groups in total. The standard InChI is InChI=1S/C19H23N3O3S/c1-22(2)19(23)15-7-5-8-16(12-15)26(24,25)21-13-18-17-9-4-3-6-14(17)10-11-20-18/h3-9,12,18,20-21H,10-11,13H2,1-2H3. The predicted molar refractivity (Wildman–Crippen MR) is 101 cm³/mol. The minimum Gasteiger partial charge on any atom is -0.345 e. The minimum atomic E-state index is -3.70. The van der Waals surface area contributed by atoms with Crippen molar-refractivity contribution in [2.24, 2.45) is 0 Å². The molecule has 1 heterocycles. The summed E-state index contributed by atoms with van der Waals surface area (Å²) in [5, 5.41) is 3.36. The highest BCUT2D eigenvalue weighted by Gasteiger charge is 2.23. The van der Waals surface area contributed by atoms with Crippen LogP contribution >= 0.6 is 0 Å². The van der Waals surface area contributed by atoms with E-state index < -0.39 is 10.0 Å². The van der Waals surface area contributed by atoms with Gasteiger partial charge in [0, 0.05) is 32.2 Å². The maximum atomic E-state index is 12.7. The summed E-state index contributed by atoms with van der Waals surface area (Å²) >= 11 is 0. The quantitative estimate of drug-likeness (QED) is 0.834. The van der Waals surface area contributed by atoms with Gasteiger partial charge in [0.1, 0.15) is 0 Å². The van der Waals surface area contributed by atoms with Gasteiger partial charge in [-0.2, -0.15) is 0 Å². The van der Waals surface area contributed by atoms with E-state index in [2.05, 4.69) is 16.1 Å². The molecule has 0 saturated heterocycles. The van der Waals surface area contributed by atoms with Crippen molar-refractivity contribution < 1.29 is 13.2 Å². The summed E-state index contributed by atoms with van der Waals surface area (Å²) in [6.45, 7) is 1.07. The van der Waals surface area contributed by atoms with Crippen molar-refractivity contribution in [3.63, 3.8) is 0 Å². The molecular formula is C19H23N3O3S. The fourth-order valence-corrected chi connectivity index (χ4v) is 4.20. The van der Waals surface area contributed by atoms with Gasteiger partial charge in [-0.05, 0) is 42.3 Å². The maximum absolute atomic E-state index is 12.7. The van der Waals surface area contributed by atoms with E-state index in [0.29, 0.717) is 5.56 Å². The summed E-state index contributed by atoms with van der Waals surface area (Å²) in [6.07, 6.45) is 0.939. The van der Waals surface area contributed by atoms with Crippen molar-refractivity contribution in [1.29, 1.82) is 0 Å². The summed E-state index contributed by atoms with van der Waals surface area (Å²) in [5.74, 6) is -0.232. The van der Waals surface area contributed by atoms with Crippen LogP contribution < -0.4 is 10.0 Å². The van der Waals surface area contributed by atoms with E-state index in [1.807, 2.05) is 18.2 Å². The number of benzene rings is 2. The van der Waals surface area contributed by atoms with Crippen molar-refractivity contribution in [2.75, 3.05) is 27.2 Å². The summed E-state index contributed by atoms with van der Waals surface area (Å²) in [7, 11) is -0.439. The molecule has 2 aromatic rings. The van der Waals surface area contributed by atoms with E-state index in [1.165, 1.54) is 22.6 Å². The van der Waals surface area contributed by atoms with Crippen molar-refractivity contribution >= 4 is 15.9 Å². The molecule has 1 amide bonds. The van der Waals surface area contributed by atoms with Crippen LogP contribution in [0.5, 0.6) is 0 Å². The van der Waals surface area contributed by atoms with Crippen LogP contribution in [0.25, 0.3) is 0 Å². The Bertz CT molecular complexity index is 910. The molecule has 0 radical (unpaired) electrons. The molecule has 1 atom stereocenters. The summed E-state index contributed by atoms with van der Waals surface area (Å²) in [6, 6.07) is 14.1. The van der Waals surface area contributed by atoms with Gasteiger partial charge in [0.15, 0.2) is 0 Å². The molecule has 138 valence electrons. The zero-order valence-electron chi connectivity index (χ0n) is 14.9. The Hall–Kier alpha value is -2.22. The largest absolute Gasteiger partial charge is 0.345 e. The smallest absolute Gasteiger partial charge is 0.253 e. The Labute approximate surface area is 154 Å². The number of carbonyl (C=O) groups excluding carboxylic acids is 1. The third kappa shape index (κ3) is 3.95. The lowest BCUT2D eigenvalue weighted by Crippen LogP contribution is -2.38. The number of hydrogen-bond acceptors (Lipinski definition) is 4. The summed E-state index contributed by atoms with van der Waals surface area (Å²) in [5.41, 5.74) is 2.71. The topological polar surface area (TPSA) is 78.5 Å². The fourth-order valence-electron chi connectivity index (χ4n) is 3.11. The van der Waals surface area contributed by atoms with Gasteiger partial charge in [-0.1, -0.05) is 30.3 Å². The van der Waals surface area contributed by atoms with Crippen molar-refractivity contribution in [3.05, 3.63) is 65.2 Å². The maximum Gasteiger partial charge on any atom is 0.253 e. The molecule has 1 unspecified atom stereocenters. The van der Waals surface area contributed by atoms with Crippen molar-refractivity contribution in [1.82, 2.24) is 14.9 Å². The van der Waals surface area contributed by atoms with Gasteiger partial charge in [0.05, 0.1) is 4.90 Å². The van der Waals surface area contributed by atoms with Crippen LogP contribution in [-0.4, -0.2) is 46.4 Å². The SMILES string of the molecule is CN(C)C(=O)c1cccc(S(=O)(=O)NCC2NCCc3ccccc32)c1. The Morgan fingerprint density at radius 1 is 1.19 bits per heavy atom. The number of carbonyl (C=O) groups is 1. The number of nitrogens with one attached hydrogen (secondary N) is 2. The fraction of sp³-hybridized carbons (Fsp3) is 0.316. The first-order valence-corrected chi connectivity index (χ1v) is 9.99. The molecule has 26 heavy (non-hydrogen) atoms. The molecule has 0 aliphatic carbocycles. The van der Waals surface area contributed by atoms with Gasteiger partial charge in [-0.15, -0.1) is 0 Å². The van der Waals surface area contributed by atoms with E-state index in [1.54, 1.807) is 26.2 Å². The summed E-state index contributed by atoms with van der Waals surface area (Å²) in [4.78, 5) is 13.6. The Morgan fingerprint density at radius 2 is 1.96 bits per heavy atom. The molecule has 1 aliphatic rings. The third-order valence-electron chi connectivity index (χ3n) is 4.49. The predicted octanol–water partition coefficient (Wildman–Crippen LogP) is 1.55. The van der Waals surface area contributed by atoms with Crippen LogP contribution in [0.1, 0.15) is 27.5 Å². The molecule has 0 saturated carbocycles. The molecule has 0 spiro atoms. The van der Waals surface area contributed by atoms with E-state index in [4.69, 9.17) is 0 Å². The highest BCUT2D eigenvalue weighted by Crippen LogP contribution is 2.22. The lowest BCUT2D eigenvalue weighted by atomic mass is 9.95. The molecular weight excluding hydrogens is 350 g/mol. The number of hydrogen-bond donors (Lipinski definition) is 2. The molecule has 3 rings (SSSR count). The van der Waals surface area contributed by atoms with Crippen LogP contribution in [0.3, 0.4) is 0 Å². The second kappa shape index (κ2) is 7.57. The number of rotatable bonds is 5. The van der Waals surface area contributed by atoms with Gasteiger partial charge < -0.3 is 10.2 Å². The highest BCUT2D eigenvalue weighted by molar-refractivity contribution is 7.89. The number of amides is 1. The lowest BCUT2D eigenvalue weighted by molar-refractivity contribution is 0.0827. The van der Waals surface area contributed by atoms with Crippen LogP contribution in [0.15, 0.2) is 53.4 Å². The van der Waals surface area contributed by atoms with Gasteiger partial charge in [-0.3, -0.25) is 4.79 Å². The third-order valence-corrected chi connectivity index (χ3v) is 5.91. The normalized spacial score (nSPS) is 16.8. The second-order valence-electron chi connectivity index (χ2n) is 6.53. The number of fused-ring (bicyclic) bond motifs is 1.